The van der Waals surface area contributed by atoms with Gasteiger partial charge in [-0.05, 0) is 43.5 Å². The van der Waals surface area contributed by atoms with Gasteiger partial charge in [0.05, 0.1) is 6.61 Å². The van der Waals surface area contributed by atoms with Crippen LogP contribution in [0.1, 0.15) is 19.8 Å². The molecule has 1 fully saturated rings. The van der Waals surface area contributed by atoms with Crippen LogP contribution in [0.3, 0.4) is 0 Å². The molecular weight excluding hydrogens is 344 g/mol. The quantitative estimate of drug-likeness (QED) is 0.794. The molecule has 0 aromatic heterocycles. The second kappa shape index (κ2) is 10.3. The molecule has 1 atom stereocenters. The molecule has 0 bridgehead atoms. The lowest BCUT2D eigenvalue weighted by molar-refractivity contribution is -0.116. The summed E-state index contributed by atoms with van der Waals surface area (Å²) in [6, 6.07) is 7.18. The SMILES string of the molecule is COCCN1CCC[C@@H](CN(C)C(=O)Nc2cccc(N(C)C(C)=O)c2)C1. The molecule has 3 amide bonds. The molecule has 0 unspecified atom stereocenters. The molecule has 1 aliphatic rings. The standard InChI is InChI=1S/C20H32N4O3/c1-16(25)23(3)19-9-5-8-18(13-19)21-20(26)22(2)14-17-7-6-10-24(15-17)11-12-27-4/h5,8-9,13,17H,6-7,10-12,14-15H2,1-4H3,(H,21,26)/t17-/m0/s1. The zero-order valence-electron chi connectivity index (χ0n) is 16.9. The van der Waals surface area contributed by atoms with E-state index in [4.69, 9.17) is 4.74 Å². The lowest BCUT2D eigenvalue weighted by atomic mass is 9.97. The third-order valence-corrected chi connectivity index (χ3v) is 5.05. The largest absolute Gasteiger partial charge is 0.383 e. The van der Waals surface area contributed by atoms with Crippen LogP contribution in [0.4, 0.5) is 16.2 Å². The molecule has 0 saturated carbocycles. The number of anilines is 2. The third kappa shape index (κ3) is 6.52. The molecule has 7 nitrogen and oxygen atoms in total. The van der Waals surface area contributed by atoms with E-state index in [1.54, 1.807) is 30.0 Å². The van der Waals surface area contributed by atoms with Crippen LogP contribution in [0.2, 0.25) is 0 Å². The van der Waals surface area contributed by atoms with E-state index in [1.165, 1.54) is 6.92 Å². The number of urea groups is 1. The van der Waals surface area contributed by atoms with Gasteiger partial charge in [0, 0.05) is 59.1 Å². The number of piperidine rings is 1. The van der Waals surface area contributed by atoms with Crippen LogP contribution in [0.5, 0.6) is 0 Å². The Hall–Kier alpha value is -2.12. The van der Waals surface area contributed by atoms with Gasteiger partial charge in [0.25, 0.3) is 0 Å². The molecule has 1 aromatic carbocycles. The van der Waals surface area contributed by atoms with Crippen molar-refractivity contribution < 1.29 is 14.3 Å². The van der Waals surface area contributed by atoms with Crippen molar-refractivity contribution in [1.29, 1.82) is 0 Å². The summed E-state index contributed by atoms with van der Waals surface area (Å²) >= 11 is 0. The first-order chi connectivity index (χ1) is 12.9. The molecule has 1 N–H and O–H groups in total. The van der Waals surface area contributed by atoms with Crippen molar-refractivity contribution in [3.63, 3.8) is 0 Å². The number of benzene rings is 1. The molecule has 7 heteroatoms. The van der Waals surface area contributed by atoms with Gasteiger partial charge in [-0.2, -0.15) is 0 Å². The highest BCUT2D eigenvalue weighted by Gasteiger charge is 2.22. The topological polar surface area (TPSA) is 65.1 Å². The molecule has 0 radical (unpaired) electrons. The first-order valence-electron chi connectivity index (χ1n) is 9.48. The number of methoxy groups -OCH3 is 1. The Balaban J connectivity index is 1.88. The summed E-state index contributed by atoms with van der Waals surface area (Å²) in [4.78, 5) is 29.8. The van der Waals surface area contributed by atoms with Gasteiger partial charge in [-0.1, -0.05) is 6.07 Å². The molecule has 0 spiro atoms. The summed E-state index contributed by atoms with van der Waals surface area (Å²) in [5.74, 6) is 0.424. The van der Waals surface area contributed by atoms with Crippen LogP contribution < -0.4 is 10.2 Å². The predicted octanol–water partition coefficient (Wildman–Crippen LogP) is 2.49. The molecule has 27 heavy (non-hydrogen) atoms. The molecule has 0 aliphatic carbocycles. The van der Waals surface area contributed by atoms with E-state index in [-0.39, 0.29) is 11.9 Å². The Morgan fingerprint density at radius 2 is 2.11 bits per heavy atom. The average Bonchev–Trinajstić information content (AvgIpc) is 2.66. The Kier molecular flexibility index (Phi) is 8.06. The number of hydrogen-bond acceptors (Lipinski definition) is 4. The maximum atomic E-state index is 12.6. The smallest absolute Gasteiger partial charge is 0.321 e. The van der Waals surface area contributed by atoms with Gasteiger partial charge >= 0.3 is 6.03 Å². The minimum Gasteiger partial charge on any atom is -0.383 e. The Morgan fingerprint density at radius 1 is 1.33 bits per heavy atom. The first-order valence-corrected chi connectivity index (χ1v) is 9.48. The van der Waals surface area contributed by atoms with Crippen molar-refractivity contribution in [3.8, 4) is 0 Å². The fourth-order valence-electron chi connectivity index (χ4n) is 3.39. The minimum atomic E-state index is -0.133. The molecule has 150 valence electrons. The van der Waals surface area contributed by atoms with Gasteiger partial charge in [0.2, 0.25) is 5.91 Å². The van der Waals surface area contributed by atoms with Gasteiger partial charge in [0.1, 0.15) is 0 Å². The minimum absolute atomic E-state index is 0.0501. The van der Waals surface area contributed by atoms with E-state index >= 15 is 0 Å². The first kappa shape index (κ1) is 21.2. The van der Waals surface area contributed by atoms with Crippen LogP contribution in [0, 0.1) is 5.92 Å². The van der Waals surface area contributed by atoms with Gasteiger partial charge in [-0.15, -0.1) is 0 Å². The zero-order valence-corrected chi connectivity index (χ0v) is 16.9. The Labute approximate surface area is 162 Å². The van der Waals surface area contributed by atoms with Gasteiger partial charge in [-0.25, -0.2) is 4.79 Å². The van der Waals surface area contributed by atoms with Gasteiger partial charge in [-0.3, -0.25) is 4.79 Å². The van der Waals surface area contributed by atoms with Crippen molar-refractivity contribution >= 4 is 23.3 Å². The van der Waals surface area contributed by atoms with Crippen LogP contribution >= 0.6 is 0 Å². The van der Waals surface area contributed by atoms with E-state index in [2.05, 4.69) is 10.2 Å². The van der Waals surface area contributed by atoms with Crippen molar-refractivity contribution in [2.24, 2.45) is 5.92 Å². The maximum Gasteiger partial charge on any atom is 0.321 e. The summed E-state index contributed by atoms with van der Waals surface area (Å²) in [5.41, 5.74) is 1.44. The summed E-state index contributed by atoms with van der Waals surface area (Å²) in [5, 5.41) is 2.93. The third-order valence-electron chi connectivity index (χ3n) is 5.05. The maximum absolute atomic E-state index is 12.6. The average molecular weight is 377 g/mol. The van der Waals surface area contributed by atoms with Crippen molar-refractivity contribution in [1.82, 2.24) is 9.80 Å². The molecule has 1 heterocycles. The number of hydrogen-bond donors (Lipinski definition) is 1. The van der Waals surface area contributed by atoms with Crippen molar-refractivity contribution in [2.45, 2.75) is 19.8 Å². The summed E-state index contributed by atoms with van der Waals surface area (Å²) in [6.07, 6.45) is 2.29. The van der Waals surface area contributed by atoms with Crippen molar-refractivity contribution in [2.75, 3.05) is 64.2 Å². The second-order valence-electron chi connectivity index (χ2n) is 7.24. The summed E-state index contributed by atoms with van der Waals surface area (Å²) in [6.45, 7) is 6.03. The Bertz CT molecular complexity index is 637. The number of rotatable bonds is 7. The van der Waals surface area contributed by atoms with Crippen LogP contribution in [-0.2, 0) is 9.53 Å². The fourth-order valence-corrected chi connectivity index (χ4v) is 3.39. The highest BCUT2D eigenvalue weighted by Crippen LogP contribution is 2.20. The predicted molar refractivity (Wildman–Crippen MR) is 108 cm³/mol. The highest BCUT2D eigenvalue weighted by molar-refractivity contribution is 5.93. The van der Waals surface area contributed by atoms with E-state index in [9.17, 15) is 9.59 Å². The lowest BCUT2D eigenvalue weighted by Gasteiger charge is -2.34. The lowest BCUT2D eigenvalue weighted by Crippen LogP contribution is -2.43. The van der Waals surface area contributed by atoms with E-state index in [0.717, 1.165) is 51.3 Å². The van der Waals surface area contributed by atoms with Gasteiger partial charge in [0.15, 0.2) is 0 Å². The number of nitrogens with zero attached hydrogens (tertiary/aromatic N) is 3. The number of nitrogens with one attached hydrogen (secondary N) is 1. The highest BCUT2D eigenvalue weighted by atomic mass is 16.5. The Morgan fingerprint density at radius 3 is 2.81 bits per heavy atom. The molecule has 1 aromatic rings. The van der Waals surface area contributed by atoms with Crippen LogP contribution in [-0.4, -0.2) is 75.7 Å². The monoisotopic (exact) mass is 376 g/mol. The molecule has 2 rings (SSSR count). The van der Waals surface area contributed by atoms with E-state index in [1.807, 2.05) is 25.2 Å². The second-order valence-corrected chi connectivity index (χ2v) is 7.24. The molecule has 1 saturated heterocycles. The molecular formula is C20H32N4O3. The summed E-state index contributed by atoms with van der Waals surface area (Å²) < 4.78 is 5.17. The number of carbonyl (C=O) groups excluding carboxylic acids is 2. The van der Waals surface area contributed by atoms with E-state index < -0.39 is 0 Å². The van der Waals surface area contributed by atoms with Crippen LogP contribution in [0.25, 0.3) is 0 Å². The number of ether oxygens (including phenoxy) is 1. The number of carbonyl (C=O) groups is 2. The van der Waals surface area contributed by atoms with E-state index in [0.29, 0.717) is 11.6 Å². The number of likely N-dealkylation sites (tertiary alicyclic amines) is 1. The van der Waals surface area contributed by atoms with Gasteiger partial charge < -0.3 is 24.8 Å². The summed E-state index contributed by atoms with van der Waals surface area (Å²) in [7, 11) is 5.27. The normalized spacial score (nSPS) is 17.4. The van der Waals surface area contributed by atoms with Crippen LogP contribution in [0.15, 0.2) is 24.3 Å². The molecule has 1 aliphatic heterocycles. The fraction of sp³-hybridized carbons (Fsp3) is 0.600. The number of amides is 3. The zero-order chi connectivity index (χ0) is 19.8. The van der Waals surface area contributed by atoms with Crippen molar-refractivity contribution in [3.05, 3.63) is 24.3 Å².